The highest BCUT2D eigenvalue weighted by Gasteiger charge is 2.17. The van der Waals surface area contributed by atoms with E-state index in [1.807, 2.05) is 19.9 Å². The van der Waals surface area contributed by atoms with E-state index >= 15 is 0 Å². The van der Waals surface area contributed by atoms with Crippen LogP contribution in [0.1, 0.15) is 12.5 Å². The van der Waals surface area contributed by atoms with Crippen LogP contribution in [0.25, 0.3) is 0 Å². The lowest BCUT2D eigenvalue weighted by Crippen LogP contribution is -2.14. The fourth-order valence-electron chi connectivity index (χ4n) is 2.72. The predicted molar refractivity (Wildman–Crippen MR) is 117 cm³/mol. The van der Waals surface area contributed by atoms with Crippen molar-refractivity contribution in [2.24, 2.45) is 0 Å². The molecule has 0 atom stereocenters. The van der Waals surface area contributed by atoms with Gasteiger partial charge in [-0.3, -0.25) is 9.44 Å². The molecule has 0 spiro atoms. The summed E-state index contributed by atoms with van der Waals surface area (Å²) in [4.78, 5) is 0.0942. The summed E-state index contributed by atoms with van der Waals surface area (Å²) in [6.45, 7) is 4.19. The molecule has 0 fully saturated rings. The Morgan fingerprint density at radius 1 is 0.733 bits per heavy atom. The molecule has 0 saturated carbocycles. The van der Waals surface area contributed by atoms with E-state index in [9.17, 15) is 16.8 Å². The molecule has 158 valence electrons. The van der Waals surface area contributed by atoms with Gasteiger partial charge in [0, 0.05) is 11.4 Å². The van der Waals surface area contributed by atoms with Crippen LogP contribution in [0.5, 0.6) is 5.75 Å². The highest BCUT2D eigenvalue weighted by atomic mass is 32.2. The molecule has 3 rings (SSSR count). The topological polar surface area (TPSA) is 102 Å². The molecule has 2 N–H and O–H groups in total. The van der Waals surface area contributed by atoms with E-state index in [1.165, 1.54) is 36.4 Å². The third-order valence-electron chi connectivity index (χ3n) is 4.13. The maximum atomic E-state index is 12.6. The average Bonchev–Trinajstić information content (AvgIpc) is 2.68. The van der Waals surface area contributed by atoms with Gasteiger partial charge in [0.15, 0.2) is 0 Å². The normalized spacial score (nSPS) is 11.7. The van der Waals surface area contributed by atoms with E-state index < -0.39 is 20.0 Å². The minimum Gasteiger partial charge on any atom is -0.494 e. The molecule has 0 heterocycles. The van der Waals surface area contributed by atoms with Crippen LogP contribution >= 0.6 is 0 Å². The second kappa shape index (κ2) is 8.76. The van der Waals surface area contributed by atoms with E-state index in [-0.39, 0.29) is 15.5 Å². The zero-order valence-electron chi connectivity index (χ0n) is 16.5. The molecule has 3 aromatic carbocycles. The molecule has 0 aromatic heterocycles. The first-order valence-electron chi connectivity index (χ1n) is 9.15. The molecule has 0 bridgehead atoms. The molecule has 0 amide bonds. The number of rotatable bonds is 8. The second-order valence-electron chi connectivity index (χ2n) is 6.51. The third-order valence-corrected chi connectivity index (χ3v) is 6.93. The molecule has 0 radical (unpaired) electrons. The lowest BCUT2D eigenvalue weighted by molar-refractivity contribution is 0.340. The Labute approximate surface area is 176 Å². The summed E-state index contributed by atoms with van der Waals surface area (Å²) in [5.41, 5.74) is 1.63. The highest BCUT2D eigenvalue weighted by molar-refractivity contribution is 7.93. The van der Waals surface area contributed by atoms with Gasteiger partial charge in [-0.25, -0.2) is 16.8 Å². The lowest BCUT2D eigenvalue weighted by atomic mass is 10.2. The molecule has 0 aliphatic heterocycles. The number of nitrogens with one attached hydrogen (secondary N) is 2. The van der Waals surface area contributed by atoms with Gasteiger partial charge in [-0.05, 0) is 80.1 Å². The van der Waals surface area contributed by atoms with Gasteiger partial charge in [-0.15, -0.1) is 0 Å². The highest BCUT2D eigenvalue weighted by Crippen LogP contribution is 2.22. The number of anilines is 2. The van der Waals surface area contributed by atoms with Crippen molar-refractivity contribution >= 4 is 31.4 Å². The Morgan fingerprint density at radius 2 is 1.27 bits per heavy atom. The lowest BCUT2D eigenvalue weighted by Gasteiger charge is -2.11. The van der Waals surface area contributed by atoms with Crippen LogP contribution in [0.15, 0.2) is 82.6 Å². The maximum Gasteiger partial charge on any atom is 0.261 e. The van der Waals surface area contributed by atoms with Crippen molar-refractivity contribution in [3.63, 3.8) is 0 Å². The van der Waals surface area contributed by atoms with Gasteiger partial charge in [0.1, 0.15) is 5.75 Å². The first kappa shape index (κ1) is 21.7. The Kier molecular flexibility index (Phi) is 6.33. The van der Waals surface area contributed by atoms with Crippen molar-refractivity contribution in [3.05, 3.63) is 78.4 Å². The van der Waals surface area contributed by atoms with E-state index in [2.05, 4.69) is 9.44 Å². The van der Waals surface area contributed by atoms with Crippen LogP contribution in [-0.2, 0) is 20.0 Å². The van der Waals surface area contributed by atoms with Gasteiger partial charge < -0.3 is 4.74 Å². The zero-order chi connectivity index (χ0) is 21.8. The molecule has 3 aromatic rings. The third kappa shape index (κ3) is 5.31. The summed E-state index contributed by atoms with van der Waals surface area (Å²) >= 11 is 0. The Hall–Kier alpha value is -3.04. The molecular formula is C21H22N2O5S2. The number of ether oxygens (including phenoxy) is 1. The van der Waals surface area contributed by atoms with Crippen molar-refractivity contribution in [2.75, 3.05) is 16.1 Å². The fraction of sp³-hybridized carbons (Fsp3) is 0.143. The first-order valence-corrected chi connectivity index (χ1v) is 12.1. The van der Waals surface area contributed by atoms with Crippen molar-refractivity contribution in [1.82, 2.24) is 0 Å². The van der Waals surface area contributed by atoms with Gasteiger partial charge in [0.05, 0.1) is 16.4 Å². The molecule has 0 unspecified atom stereocenters. The number of hydrogen-bond donors (Lipinski definition) is 2. The molecule has 9 heteroatoms. The Balaban J connectivity index is 1.74. The molecule has 0 saturated heterocycles. The fourth-order valence-corrected chi connectivity index (χ4v) is 4.83. The summed E-state index contributed by atoms with van der Waals surface area (Å²) in [7, 11) is -7.61. The molecule has 0 aliphatic carbocycles. The molecule has 30 heavy (non-hydrogen) atoms. The quantitative estimate of drug-likeness (QED) is 0.545. The van der Waals surface area contributed by atoms with Crippen LogP contribution in [0.4, 0.5) is 11.4 Å². The summed E-state index contributed by atoms with van der Waals surface area (Å²) in [5, 5.41) is 0. The van der Waals surface area contributed by atoms with Crippen LogP contribution in [0.3, 0.4) is 0 Å². The van der Waals surface area contributed by atoms with Crippen molar-refractivity contribution in [2.45, 2.75) is 23.6 Å². The minimum atomic E-state index is -3.82. The summed E-state index contributed by atoms with van der Waals surface area (Å²) in [6, 6.07) is 18.5. The average molecular weight is 447 g/mol. The van der Waals surface area contributed by atoms with Gasteiger partial charge in [-0.2, -0.15) is 0 Å². The number of benzene rings is 3. The second-order valence-corrected chi connectivity index (χ2v) is 9.87. The van der Waals surface area contributed by atoms with Crippen molar-refractivity contribution in [3.8, 4) is 5.75 Å². The van der Waals surface area contributed by atoms with Gasteiger partial charge in [-0.1, -0.05) is 12.1 Å². The minimum absolute atomic E-state index is 0.0213. The van der Waals surface area contributed by atoms with Crippen LogP contribution in [0.2, 0.25) is 0 Å². The summed E-state index contributed by atoms with van der Waals surface area (Å²) in [5.74, 6) is 0.576. The van der Waals surface area contributed by atoms with E-state index in [0.29, 0.717) is 18.0 Å². The van der Waals surface area contributed by atoms with E-state index in [4.69, 9.17) is 4.74 Å². The van der Waals surface area contributed by atoms with Gasteiger partial charge >= 0.3 is 0 Å². The summed E-state index contributed by atoms with van der Waals surface area (Å²) < 4.78 is 60.4. The molecule has 7 nitrogen and oxygen atoms in total. The predicted octanol–water partition coefficient (Wildman–Crippen LogP) is 4.00. The number of aryl methyl sites for hydroxylation is 1. The molecular weight excluding hydrogens is 424 g/mol. The number of hydrogen-bond acceptors (Lipinski definition) is 5. The Morgan fingerprint density at radius 3 is 1.80 bits per heavy atom. The van der Waals surface area contributed by atoms with Crippen LogP contribution in [0, 0.1) is 6.92 Å². The van der Waals surface area contributed by atoms with Crippen LogP contribution in [-0.4, -0.2) is 23.4 Å². The van der Waals surface area contributed by atoms with Crippen molar-refractivity contribution < 1.29 is 21.6 Å². The SMILES string of the molecule is CCOc1ccc(S(=O)(=O)Nc2ccc(S(=O)(=O)Nc3cccc(C)c3)cc2)cc1. The Bertz CT molecular complexity index is 1220. The van der Waals surface area contributed by atoms with Crippen LogP contribution < -0.4 is 14.2 Å². The van der Waals surface area contributed by atoms with Gasteiger partial charge in [0.2, 0.25) is 0 Å². The zero-order valence-corrected chi connectivity index (χ0v) is 18.1. The molecule has 0 aliphatic rings. The van der Waals surface area contributed by atoms with E-state index in [0.717, 1.165) is 5.56 Å². The van der Waals surface area contributed by atoms with Gasteiger partial charge in [0.25, 0.3) is 20.0 Å². The largest absolute Gasteiger partial charge is 0.494 e. The maximum absolute atomic E-state index is 12.6. The smallest absolute Gasteiger partial charge is 0.261 e. The number of sulfonamides is 2. The van der Waals surface area contributed by atoms with E-state index in [1.54, 1.807) is 30.3 Å². The monoisotopic (exact) mass is 446 g/mol. The standard InChI is InChI=1S/C21H22N2O5S2/c1-3-28-19-9-13-21(14-10-19)29(24,25)22-17-7-11-20(12-8-17)30(26,27)23-18-6-4-5-16(2)15-18/h4-15,22-23H,3H2,1-2H3. The van der Waals surface area contributed by atoms with Crippen molar-refractivity contribution in [1.29, 1.82) is 0 Å². The first-order chi connectivity index (χ1) is 14.2. The summed E-state index contributed by atoms with van der Waals surface area (Å²) in [6.07, 6.45) is 0.